The molecule has 25 heavy (non-hydrogen) atoms. The van der Waals surface area contributed by atoms with E-state index in [-0.39, 0.29) is 0 Å². The number of thiophene rings is 1. The van der Waals surface area contributed by atoms with Crippen LogP contribution in [0.2, 0.25) is 0 Å². The number of anilines is 1. The lowest BCUT2D eigenvalue weighted by molar-refractivity contribution is 0.318. The number of pyridine rings is 1. The van der Waals surface area contributed by atoms with Crippen molar-refractivity contribution in [3.05, 3.63) is 40.5 Å². The van der Waals surface area contributed by atoms with E-state index in [1.165, 1.54) is 10.4 Å². The zero-order valence-corrected chi connectivity index (χ0v) is 14.5. The van der Waals surface area contributed by atoms with Crippen LogP contribution in [0, 0.1) is 0 Å². The molecule has 8 nitrogen and oxygen atoms in total. The maximum atomic E-state index is 4.67. The molecule has 0 atom stereocenters. The second-order valence-corrected chi connectivity index (χ2v) is 7.32. The van der Waals surface area contributed by atoms with Gasteiger partial charge in [-0.15, -0.1) is 11.3 Å². The van der Waals surface area contributed by atoms with E-state index in [4.69, 9.17) is 0 Å². The number of hydrogen-bond acceptors (Lipinski definition) is 8. The number of tetrazole rings is 1. The molecule has 0 amide bonds. The Kier molecular flexibility index (Phi) is 3.35. The molecule has 1 aliphatic heterocycles. The maximum absolute atomic E-state index is 4.67. The summed E-state index contributed by atoms with van der Waals surface area (Å²) in [5.74, 6) is 1.38. The van der Waals surface area contributed by atoms with Crippen LogP contribution in [-0.2, 0) is 19.5 Å². The third-order valence-corrected chi connectivity index (χ3v) is 5.72. The highest BCUT2D eigenvalue weighted by atomic mass is 32.1. The van der Waals surface area contributed by atoms with Gasteiger partial charge in [-0.05, 0) is 47.2 Å². The van der Waals surface area contributed by atoms with Gasteiger partial charge in [-0.2, -0.15) is 9.50 Å². The van der Waals surface area contributed by atoms with Crippen LogP contribution in [0.15, 0.2) is 24.5 Å². The lowest BCUT2D eigenvalue weighted by Gasteiger charge is -2.22. The second kappa shape index (κ2) is 5.71. The Morgan fingerprint density at radius 2 is 2.16 bits per heavy atom. The Labute approximate surface area is 147 Å². The lowest BCUT2D eigenvalue weighted by Crippen LogP contribution is -2.25. The summed E-state index contributed by atoms with van der Waals surface area (Å²) in [6.45, 7) is 2.70. The topological polar surface area (TPSA) is 84.1 Å². The van der Waals surface area contributed by atoms with Gasteiger partial charge in [0, 0.05) is 36.9 Å². The molecule has 0 saturated heterocycles. The molecule has 4 aromatic heterocycles. The van der Waals surface area contributed by atoms with Crippen LogP contribution in [0.1, 0.15) is 16.0 Å². The number of likely N-dealkylation sites (N-methyl/N-ethyl adjacent to an activating group) is 1. The number of fused-ring (bicyclic) bond motifs is 5. The third-order valence-electron chi connectivity index (χ3n) is 4.53. The molecule has 1 aliphatic rings. The molecule has 0 spiro atoms. The molecule has 0 aromatic carbocycles. The number of hydrogen-bond donors (Lipinski definition) is 1. The van der Waals surface area contributed by atoms with E-state index < -0.39 is 0 Å². The standard InChI is InChI=1S/C16H16N8S/c1-23-7-4-11-12(9-23)25-15-13(11)14(19-16-20-21-22-24(15)16)18-8-10-2-5-17-6-3-10/h2-3,5-6H,4,7-9H2,1H3,(H,18,19,20,22). The molecular weight excluding hydrogens is 336 g/mol. The zero-order valence-electron chi connectivity index (χ0n) is 13.7. The third kappa shape index (κ3) is 2.43. The Morgan fingerprint density at radius 1 is 1.28 bits per heavy atom. The summed E-state index contributed by atoms with van der Waals surface area (Å²) in [5, 5.41) is 16.6. The Balaban J connectivity index is 1.65. The van der Waals surface area contributed by atoms with E-state index >= 15 is 0 Å². The predicted molar refractivity (Wildman–Crippen MR) is 95.6 cm³/mol. The van der Waals surface area contributed by atoms with Gasteiger partial charge in [0.05, 0.1) is 5.39 Å². The number of nitrogens with one attached hydrogen (secondary N) is 1. The number of rotatable bonds is 3. The first-order valence-corrected chi connectivity index (χ1v) is 8.95. The molecule has 0 aliphatic carbocycles. The summed E-state index contributed by atoms with van der Waals surface area (Å²) in [6.07, 6.45) is 4.62. The molecular formula is C16H16N8S. The normalized spacial score (nSPS) is 14.9. The molecule has 5 rings (SSSR count). The van der Waals surface area contributed by atoms with Crippen molar-refractivity contribution in [2.24, 2.45) is 0 Å². The molecule has 4 aromatic rings. The van der Waals surface area contributed by atoms with Crippen molar-refractivity contribution in [3.8, 4) is 0 Å². The molecule has 0 fully saturated rings. The maximum Gasteiger partial charge on any atom is 0.276 e. The largest absolute Gasteiger partial charge is 0.365 e. The average molecular weight is 352 g/mol. The minimum Gasteiger partial charge on any atom is -0.365 e. The molecule has 0 radical (unpaired) electrons. The van der Waals surface area contributed by atoms with Crippen LogP contribution in [-0.4, -0.2) is 48.5 Å². The van der Waals surface area contributed by atoms with Crippen molar-refractivity contribution < 1.29 is 0 Å². The van der Waals surface area contributed by atoms with Crippen LogP contribution in [0.3, 0.4) is 0 Å². The van der Waals surface area contributed by atoms with Gasteiger partial charge in [0.25, 0.3) is 5.78 Å². The van der Waals surface area contributed by atoms with Crippen molar-refractivity contribution in [3.63, 3.8) is 0 Å². The summed E-state index contributed by atoms with van der Waals surface area (Å²) >= 11 is 1.76. The number of aromatic nitrogens is 6. The summed E-state index contributed by atoms with van der Waals surface area (Å²) in [5.41, 5.74) is 2.54. The van der Waals surface area contributed by atoms with E-state index in [1.807, 2.05) is 12.1 Å². The smallest absolute Gasteiger partial charge is 0.276 e. The van der Waals surface area contributed by atoms with Crippen LogP contribution < -0.4 is 5.32 Å². The van der Waals surface area contributed by atoms with Crippen LogP contribution >= 0.6 is 11.3 Å². The van der Waals surface area contributed by atoms with Crippen molar-refractivity contribution in [1.29, 1.82) is 0 Å². The van der Waals surface area contributed by atoms with E-state index in [2.05, 4.69) is 42.8 Å². The van der Waals surface area contributed by atoms with Crippen molar-refractivity contribution >= 4 is 33.1 Å². The SMILES string of the molecule is CN1CCc2c(sc3c2c(NCc2ccncc2)nc2nnnn23)C1. The van der Waals surface area contributed by atoms with Crippen LogP contribution in [0.25, 0.3) is 16.0 Å². The van der Waals surface area contributed by atoms with Gasteiger partial charge in [-0.25, -0.2) is 0 Å². The van der Waals surface area contributed by atoms with Gasteiger partial charge >= 0.3 is 0 Å². The first-order chi connectivity index (χ1) is 12.3. The van der Waals surface area contributed by atoms with Gasteiger partial charge in [0.2, 0.25) is 0 Å². The molecule has 0 bridgehead atoms. The fourth-order valence-corrected chi connectivity index (χ4v) is 4.64. The van der Waals surface area contributed by atoms with Gasteiger partial charge < -0.3 is 10.2 Å². The molecule has 0 saturated carbocycles. The van der Waals surface area contributed by atoms with E-state index in [9.17, 15) is 0 Å². The second-order valence-electron chi connectivity index (χ2n) is 6.23. The summed E-state index contributed by atoms with van der Waals surface area (Å²) < 4.78 is 1.75. The van der Waals surface area contributed by atoms with E-state index in [0.29, 0.717) is 12.3 Å². The zero-order chi connectivity index (χ0) is 16.8. The Bertz CT molecular complexity index is 1050. The lowest BCUT2D eigenvalue weighted by atomic mass is 10.1. The summed E-state index contributed by atoms with van der Waals surface area (Å²) in [7, 11) is 2.15. The highest BCUT2D eigenvalue weighted by Crippen LogP contribution is 2.38. The van der Waals surface area contributed by atoms with Gasteiger partial charge in [0.15, 0.2) is 0 Å². The molecule has 9 heteroatoms. The van der Waals surface area contributed by atoms with Crippen molar-refractivity contribution in [1.82, 2.24) is 34.9 Å². The minimum absolute atomic E-state index is 0.525. The fraction of sp³-hybridized carbons (Fsp3) is 0.312. The highest BCUT2D eigenvalue weighted by Gasteiger charge is 2.24. The van der Waals surface area contributed by atoms with Gasteiger partial charge in [0.1, 0.15) is 10.6 Å². The van der Waals surface area contributed by atoms with Crippen LogP contribution in [0.5, 0.6) is 0 Å². The van der Waals surface area contributed by atoms with Crippen molar-refractivity contribution in [2.45, 2.75) is 19.5 Å². The highest BCUT2D eigenvalue weighted by molar-refractivity contribution is 7.19. The quantitative estimate of drug-likeness (QED) is 0.601. The average Bonchev–Trinajstić information content (AvgIpc) is 3.24. The summed E-state index contributed by atoms with van der Waals surface area (Å²) in [4.78, 5) is 13.5. The van der Waals surface area contributed by atoms with Gasteiger partial charge in [-0.1, -0.05) is 5.10 Å². The molecule has 0 unspecified atom stereocenters. The number of nitrogens with zero attached hydrogens (tertiary/aromatic N) is 7. The molecule has 126 valence electrons. The fourth-order valence-electron chi connectivity index (χ4n) is 3.26. The van der Waals surface area contributed by atoms with Crippen LogP contribution in [0.4, 0.5) is 5.82 Å². The van der Waals surface area contributed by atoms with E-state index in [0.717, 1.165) is 41.1 Å². The molecule has 1 N–H and O–H groups in total. The van der Waals surface area contributed by atoms with Crippen molar-refractivity contribution in [2.75, 3.05) is 18.9 Å². The Hall–Kier alpha value is -2.65. The first kappa shape index (κ1) is 14.7. The predicted octanol–water partition coefficient (Wildman–Crippen LogP) is 1.73. The minimum atomic E-state index is 0.525. The Morgan fingerprint density at radius 3 is 3.04 bits per heavy atom. The van der Waals surface area contributed by atoms with Gasteiger partial charge in [-0.3, -0.25) is 4.98 Å². The monoisotopic (exact) mass is 352 g/mol. The first-order valence-electron chi connectivity index (χ1n) is 8.13. The molecule has 5 heterocycles. The van der Waals surface area contributed by atoms with E-state index in [1.54, 1.807) is 28.2 Å². The summed E-state index contributed by atoms with van der Waals surface area (Å²) in [6, 6.07) is 4.00.